The maximum Gasteiger partial charge on any atom is 0.212 e. The average molecular weight is 299 g/mol. The van der Waals surface area contributed by atoms with Crippen LogP contribution in [-0.2, 0) is 16.1 Å². The number of nitrogens with zero attached hydrogens (tertiary/aromatic N) is 2. The number of pyridine rings is 1. The summed E-state index contributed by atoms with van der Waals surface area (Å²) in [7, 11) is 1.53. The Labute approximate surface area is 126 Å². The number of nitrogens with one attached hydrogen (secondary N) is 1. The quantitative estimate of drug-likeness (QED) is 0.737. The number of amides is 1. The summed E-state index contributed by atoms with van der Waals surface area (Å²) in [5, 5.41) is 2.50. The molecule has 0 aliphatic carbocycles. The van der Waals surface area contributed by atoms with Gasteiger partial charge in [0.25, 0.3) is 0 Å². The lowest BCUT2D eigenvalue weighted by Gasteiger charge is -2.10. The summed E-state index contributed by atoms with van der Waals surface area (Å²) in [6.45, 7) is 0.196. The van der Waals surface area contributed by atoms with Crippen LogP contribution in [0.4, 0.5) is 10.2 Å². The summed E-state index contributed by atoms with van der Waals surface area (Å²) in [6.07, 6.45) is 4.11. The molecule has 0 aliphatic rings. The molecule has 0 fully saturated rings. The van der Waals surface area contributed by atoms with Gasteiger partial charge >= 0.3 is 0 Å². The van der Waals surface area contributed by atoms with Crippen molar-refractivity contribution in [1.29, 1.82) is 0 Å². The molecule has 0 spiro atoms. The largest absolute Gasteiger partial charge is 0.380 e. The Morgan fingerprint density at radius 2 is 2.18 bits per heavy atom. The van der Waals surface area contributed by atoms with Gasteiger partial charge < -0.3 is 14.5 Å². The number of carbonyl (C=O) groups is 1. The maximum atomic E-state index is 14.0. The molecule has 0 aliphatic heterocycles. The second kappa shape index (κ2) is 5.95. The zero-order valence-electron chi connectivity index (χ0n) is 11.9. The molecule has 22 heavy (non-hydrogen) atoms. The van der Waals surface area contributed by atoms with E-state index < -0.39 is 0 Å². The second-order valence-corrected chi connectivity index (χ2v) is 4.77. The van der Waals surface area contributed by atoms with E-state index in [1.165, 1.54) is 13.2 Å². The zero-order valence-corrected chi connectivity index (χ0v) is 11.9. The second-order valence-electron chi connectivity index (χ2n) is 4.77. The standard InChI is InChI=1S/C16H14FN3O2/c1-22-9-13-12(3-2-4-14(13)17)11-5-6-16-19-15(18-10-21)8-20(16)7-11/h2-8,10H,9H2,1H3,(H,18,21). The number of carbonyl (C=O) groups excluding carboxylic acids is 1. The minimum atomic E-state index is -0.298. The SMILES string of the molecule is COCc1c(F)cccc1-c1ccc2nc(NC=O)cn2c1. The number of methoxy groups -OCH3 is 1. The van der Waals surface area contributed by atoms with E-state index in [9.17, 15) is 9.18 Å². The molecule has 1 aromatic carbocycles. The van der Waals surface area contributed by atoms with Crippen LogP contribution in [0.5, 0.6) is 0 Å². The summed E-state index contributed by atoms with van der Waals surface area (Å²) < 4.78 is 20.9. The Morgan fingerprint density at radius 3 is 2.95 bits per heavy atom. The highest BCUT2D eigenvalue weighted by Gasteiger charge is 2.11. The van der Waals surface area contributed by atoms with Crippen LogP contribution in [0.2, 0.25) is 0 Å². The molecule has 0 bridgehead atoms. The predicted octanol–water partition coefficient (Wildman–Crippen LogP) is 2.86. The van der Waals surface area contributed by atoms with Crippen molar-refractivity contribution in [2.24, 2.45) is 0 Å². The summed E-state index contributed by atoms with van der Waals surface area (Å²) in [4.78, 5) is 14.7. The maximum absolute atomic E-state index is 14.0. The Balaban J connectivity index is 2.10. The molecule has 0 radical (unpaired) electrons. The van der Waals surface area contributed by atoms with Gasteiger partial charge in [0.15, 0.2) is 5.82 Å². The first-order valence-corrected chi connectivity index (χ1v) is 6.68. The predicted molar refractivity (Wildman–Crippen MR) is 81.0 cm³/mol. The molecular weight excluding hydrogens is 285 g/mol. The topological polar surface area (TPSA) is 55.6 Å². The first-order valence-electron chi connectivity index (χ1n) is 6.68. The zero-order chi connectivity index (χ0) is 15.5. The molecule has 2 heterocycles. The van der Waals surface area contributed by atoms with Crippen molar-refractivity contribution in [1.82, 2.24) is 9.38 Å². The van der Waals surface area contributed by atoms with E-state index in [1.807, 2.05) is 24.4 Å². The van der Waals surface area contributed by atoms with Crippen molar-refractivity contribution >= 4 is 17.9 Å². The molecule has 0 unspecified atom stereocenters. The molecule has 2 aromatic heterocycles. The van der Waals surface area contributed by atoms with Crippen molar-refractivity contribution in [2.45, 2.75) is 6.61 Å². The smallest absolute Gasteiger partial charge is 0.212 e. The summed E-state index contributed by atoms with van der Waals surface area (Å²) in [6, 6.07) is 8.61. The molecule has 0 atom stereocenters. The third kappa shape index (κ3) is 2.56. The van der Waals surface area contributed by atoms with Gasteiger partial charge in [0, 0.05) is 18.9 Å². The number of hydrogen-bond donors (Lipinski definition) is 1. The molecular formula is C16H14FN3O2. The van der Waals surface area contributed by atoms with Gasteiger partial charge in [-0.15, -0.1) is 0 Å². The lowest BCUT2D eigenvalue weighted by atomic mass is 10.0. The highest BCUT2D eigenvalue weighted by atomic mass is 19.1. The molecule has 1 amide bonds. The molecule has 5 nitrogen and oxygen atoms in total. The Kier molecular flexibility index (Phi) is 3.84. The van der Waals surface area contributed by atoms with Gasteiger partial charge in [-0.1, -0.05) is 12.1 Å². The highest BCUT2D eigenvalue weighted by molar-refractivity contribution is 5.72. The Hall–Kier alpha value is -2.73. The van der Waals surface area contributed by atoms with Gasteiger partial charge in [-0.05, 0) is 29.3 Å². The Morgan fingerprint density at radius 1 is 1.32 bits per heavy atom. The number of rotatable bonds is 5. The van der Waals surface area contributed by atoms with E-state index in [0.29, 0.717) is 23.4 Å². The highest BCUT2D eigenvalue weighted by Crippen LogP contribution is 2.27. The summed E-state index contributed by atoms with van der Waals surface area (Å²) in [5.74, 6) is 0.164. The fraction of sp³-hybridized carbons (Fsp3) is 0.125. The lowest BCUT2D eigenvalue weighted by molar-refractivity contribution is -0.105. The van der Waals surface area contributed by atoms with Gasteiger partial charge in [0.2, 0.25) is 6.41 Å². The monoisotopic (exact) mass is 299 g/mol. The summed E-state index contributed by atoms with van der Waals surface area (Å²) >= 11 is 0. The number of ether oxygens (including phenoxy) is 1. The van der Waals surface area contributed by atoms with E-state index in [2.05, 4.69) is 10.3 Å². The minimum absolute atomic E-state index is 0.196. The third-order valence-electron chi connectivity index (χ3n) is 3.38. The number of anilines is 1. The van der Waals surface area contributed by atoms with Crippen LogP contribution in [0.15, 0.2) is 42.7 Å². The number of imidazole rings is 1. The van der Waals surface area contributed by atoms with Crippen LogP contribution in [0, 0.1) is 5.82 Å². The number of hydrogen-bond acceptors (Lipinski definition) is 3. The molecule has 3 aromatic rings. The molecule has 0 saturated carbocycles. The van der Waals surface area contributed by atoms with Crippen LogP contribution in [0.3, 0.4) is 0 Å². The summed E-state index contributed by atoms with van der Waals surface area (Å²) in [5.41, 5.74) is 2.81. The Bertz CT molecular complexity index is 829. The first kappa shape index (κ1) is 14.2. The van der Waals surface area contributed by atoms with Crippen molar-refractivity contribution in [3.8, 4) is 11.1 Å². The van der Waals surface area contributed by atoms with Gasteiger partial charge in [0.1, 0.15) is 11.5 Å². The normalized spacial score (nSPS) is 10.8. The van der Waals surface area contributed by atoms with Crippen LogP contribution in [0.25, 0.3) is 16.8 Å². The van der Waals surface area contributed by atoms with Crippen molar-refractivity contribution in [3.05, 3.63) is 54.1 Å². The first-order chi connectivity index (χ1) is 10.7. The van der Waals surface area contributed by atoms with Crippen LogP contribution in [-0.4, -0.2) is 22.9 Å². The fourth-order valence-electron chi connectivity index (χ4n) is 2.40. The molecule has 112 valence electrons. The van der Waals surface area contributed by atoms with E-state index in [1.54, 1.807) is 16.7 Å². The molecule has 3 rings (SSSR count). The van der Waals surface area contributed by atoms with Crippen LogP contribution in [0.1, 0.15) is 5.56 Å². The van der Waals surface area contributed by atoms with Gasteiger partial charge in [-0.25, -0.2) is 9.37 Å². The number of aromatic nitrogens is 2. The number of benzene rings is 1. The van der Waals surface area contributed by atoms with Crippen molar-refractivity contribution in [2.75, 3.05) is 12.4 Å². The number of halogens is 1. The molecule has 6 heteroatoms. The van der Waals surface area contributed by atoms with E-state index in [4.69, 9.17) is 4.74 Å². The molecule has 0 saturated heterocycles. The minimum Gasteiger partial charge on any atom is -0.380 e. The average Bonchev–Trinajstić information content (AvgIpc) is 2.91. The van der Waals surface area contributed by atoms with E-state index >= 15 is 0 Å². The van der Waals surface area contributed by atoms with Gasteiger partial charge in [0.05, 0.1) is 12.8 Å². The molecule has 1 N–H and O–H groups in total. The fourth-order valence-corrected chi connectivity index (χ4v) is 2.40. The van der Waals surface area contributed by atoms with Crippen LogP contribution < -0.4 is 5.32 Å². The lowest BCUT2D eigenvalue weighted by Crippen LogP contribution is -1.97. The van der Waals surface area contributed by atoms with Gasteiger partial charge in [-0.3, -0.25) is 4.79 Å². The third-order valence-corrected chi connectivity index (χ3v) is 3.38. The van der Waals surface area contributed by atoms with Crippen molar-refractivity contribution < 1.29 is 13.9 Å². The van der Waals surface area contributed by atoms with Gasteiger partial charge in [-0.2, -0.15) is 0 Å². The van der Waals surface area contributed by atoms with E-state index in [0.717, 1.165) is 11.1 Å². The van der Waals surface area contributed by atoms with Crippen LogP contribution >= 0.6 is 0 Å². The van der Waals surface area contributed by atoms with E-state index in [-0.39, 0.29) is 12.4 Å². The van der Waals surface area contributed by atoms with Crippen molar-refractivity contribution in [3.63, 3.8) is 0 Å². The number of fused-ring (bicyclic) bond motifs is 1.